The lowest BCUT2D eigenvalue weighted by atomic mass is 10.1. The van der Waals surface area contributed by atoms with E-state index in [2.05, 4.69) is 74.6 Å². The van der Waals surface area contributed by atoms with Crippen LogP contribution >= 0.6 is 0 Å². The highest BCUT2D eigenvalue weighted by Gasteiger charge is 2.15. The molecule has 274 valence electrons. The zero-order chi connectivity index (χ0) is 35.0. The minimum Gasteiger partial charge on any atom is -0.462 e. The molecule has 0 spiro atoms. The molecule has 0 aliphatic rings. The quantitative estimate of drug-likeness (QED) is 0.0420. The molecule has 1 atom stereocenters. The number of carbonyl (C=O) groups excluding carboxylic acids is 2. The Hall–Kier alpha value is -2.66. The van der Waals surface area contributed by atoms with Crippen molar-refractivity contribution >= 4 is 11.9 Å². The van der Waals surface area contributed by atoms with Crippen LogP contribution in [0.15, 0.2) is 72.9 Å². The number of allylic oxidation sites excluding steroid dienone is 12. The van der Waals surface area contributed by atoms with Crippen LogP contribution in [0.5, 0.6) is 0 Å². The number of carbonyl (C=O) groups is 2. The average molecular weight is 669 g/mol. The molecule has 1 unspecified atom stereocenters. The molecule has 5 nitrogen and oxygen atoms in total. The van der Waals surface area contributed by atoms with E-state index in [0.717, 1.165) is 51.4 Å². The molecule has 0 aromatic rings. The van der Waals surface area contributed by atoms with E-state index in [1.54, 1.807) is 0 Å². The van der Waals surface area contributed by atoms with Gasteiger partial charge in [0.1, 0.15) is 6.61 Å². The first kappa shape index (κ1) is 45.3. The lowest BCUT2D eigenvalue weighted by molar-refractivity contribution is -0.161. The SMILES string of the molecule is CCCCCC=CCC=CCC=CCC=CCC=CCCC(=O)OCC(CO)OC(=O)CCCCCCCC=CCCCCCCCC. The maximum Gasteiger partial charge on any atom is 0.306 e. The summed E-state index contributed by atoms with van der Waals surface area (Å²) >= 11 is 0. The van der Waals surface area contributed by atoms with E-state index in [1.807, 2.05) is 12.2 Å². The van der Waals surface area contributed by atoms with Crippen molar-refractivity contribution < 1.29 is 24.2 Å². The second-order valence-corrected chi connectivity index (χ2v) is 12.6. The van der Waals surface area contributed by atoms with Gasteiger partial charge >= 0.3 is 11.9 Å². The van der Waals surface area contributed by atoms with E-state index < -0.39 is 6.10 Å². The molecule has 0 saturated carbocycles. The first-order chi connectivity index (χ1) is 23.6. The van der Waals surface area contributed by atoms with E-state index in [0.29, 0.717) is 12.8 Å². The largest absolute Gasteiger partial charge is 0.462 e. The summed E-state index contributed by atoms with van der Waals surface area (Å²) in [6.45, 7) is 4.02. The highest BCUT2D eigenvalue weighted by Crippen LogP contribution is 2.11. The number of aliphatic hydroxyl groups excluding tert-OH is 1. The Morgan fingerprint density at radius 3 is 1.40 bits per heavy atom. The van der Waals surface area contributed by atoms with Crippen LogP contribution in [0, 0.1) is 0 Å². The van der Waals surface area contributed by atoms with Crippen LogP contribution in [0.1, 0.15) is 168 Å². The normalized spacial score (nSPS) is 13.0. The average Bonchev–Trinajstić information content (AvgIpc) is 3.09. The maximum atomic E-state index is 12.1. The maximum absolute atomic E-state index is 12.1. The predicted molar refractivity (Wildman–Crippen MR) is 205 cm³/mol. The molecule has 48 heavy (non-hydrogen) atoms. The molecule has 0 heterocycles. The van der Waals surface area contributed by atoms with Crippen LogP contribution < -0.4 is 0 Å². The van der Waals surface area contributed by atoms with Crippen LogP contribution in [0.25, 0.3) is 0 Å². The molecule has 5 heteroatoms. The van der Waals surface area contributed by atoms with E-state index in [9.17, 15) is 14.7 Å². The van der Waals surface area contributed by atoms with Gasteiger partial charge in [0.2, 0.25) is 0 Å². The molecule has 0 fully saturated rings. The number of esters is 2. The van der Waals surface area contributed by atoms with Gasteiger partial charge < -0.3 is 14.6 Å². The molecule has 1 N–H and O–H groups in total. The number of rotatable bonds is 34. The van der Waals surface area contributed by atoms with Crippen LogP contribution in [0.3, 0.4) is 0 Å². The zero-order valence-electron chi connectivity index (χ0n) is 31.0. The van der Waals surface area contributed by atoms with Gasteiger partial charge in [-0.25, -0.2) is 0 Å². The predicted octanol–water partition coefficient (Wildman–Crippen LogP) is 12.2. The standard InChI is InChI=1S/C43H72O5/c1-3-5-7-9-11-13-15-17-19-20-21-22-24-25-27-29-31-33-35-37-42(45)47-40-41(39-44)48-43(46)38-36-34-32-30-28-26-23-18-16-14-12-10-8-6-4-2/h11,13,17-19,21-23,25,27,31,33,41,44H,3-10,12,14-16,20,24,26,28-30,32,34-40H2,1-2H3. The lowest BCUT2D eigenvalue weighted by Gasteiger charge is -2.15. The Bertz CT molecular complexity index is 895. The summed E-state index contributed by atoms with van der Waals surface area (Å²) < 4.78 is 10.5. The Morgan fingerprint density at radius 2 is 0.875 bits per heavy atom. The second kappa shape index (κ2) is 38.8. The van der Waals surface area contributed by atoms with Crippen molar-refractivity contribution in [3.05, 3.63) is 72.9 Å². The van der Waals surface area contributed by atoms with Crippen molar-refractivity contribution in [2.75, 3.05) is 13.2 Å². The molecule has 0 aliphatic carbocycles. The minimum atomic E-state index is -0.808. The van der Waals surface area contributed by atoms with E-state index in [1.165, 1.54) is 83.5 Å². The Balaban J connectivity index is 3.73. The summed E-state index contributed by atoms with van der Waals surface area (Å²) in [5.74, 6) is -0.702. The van der Waals surface area contributed by atoms with E-state index in [4.69, 9.17) is 9.47 Å². The molecule has 0 amide bonds. The second-order valence-electron chi connectivity index (χ2n) is 12.6. The molecule has 0 bridgehead atoms. The summed E-state index contributed by atoms with van der Waals surface area (Å²) in [6.07, 6.45) is 51.1. The summed E-state index contributed by atoms with van der Waals surface area (Å²) in [4.78, 5) is 24.2. The minimum absolute atomic E-state index is 0.112. The molecular weight excluding hydrogens is 596 g/mol. The zero-order valence-corrected chi connectivity index (χ0v) is 31.0. The highest BCUT2D eigenvalue weighted by atomic mass is 16.6. The first-order valence-corrected chi connectivity index (χ1v) is 19.5. The van der Waals surface area contributed by atoms with Crippen LogP contribution in [-0.2, 0) is 19.1 Å². The molecule has 0 aromatic heterocycles. The monoisotopic (exact) mass is 669 g/mol. The van der Waals surface area contributed by atoms with Crippen molar-refractivity contribution in [1.82, 2.24) is 0 Å². The highest BCUT2D eigenvalue weighted by molar-refractivity contribution is 5.70. The fourth-order valence-corrected chi connectivity index (χ4v) is 5.00. The number of aliphatic hydroxyl groups is 1. The molecule has 0 aromatic carbocycles. The fraction of sp³-hybridized carbons (Fsp3) is 0.674. The van der Waals surface area contributed by atoms with Crippen molar-refractivity contribution in [3.63, 3.8) is 0 Å². The van der Waals surface area contributed by atoms with Gasteiger partial charge in [-0.2, -0.15) is 0 Å². The van der Waals surface area contributed by atoms with Crippen LogP contribution in [0.4, 0.5) is 0 Å². The lowest BCUT2D eigenvalue weighted by Crippen LogP contribution is -2.28. The molecular formula is C43H72O5. The Kier molecular flexibility index (Phi) is 36.6. The Morgan fingerprint density at radius 1 is 0.479 bits per heavy atom. The van der Waals surface area contributed by atoms with Crippen molar-refractivity contribution in [2.45, 2.75) is 174 Å². The smallest absolute Gasteiger partial charge is 0.306 e. The molecule has 0 aliphatic heterocycles. The van der Waals surface area contributed by atoms with Gasteiger partial charge in [0, 0.05) is 12.8 Å². The number of hydrogen-bond donors (Lipinski definition) is 1. The molecule has 0 saturated heterocycles. The van der Waals surface area contributed by atoms with Gasteiger partial charge in [-0.05, 0) is 77.0 Å². The van der Waals surface area contributed by atoms with E-state index in [-0.39, 0.29) is 31.6 Å². The van der Waals surface area contributed by atoms with Gasteiger partial charge in [-0.3, -0.25) is 9.59 Å². The van der Waals surface area contributed by atoms with Gasteiger partial charge in [0.15, 0.2) is 6.10 Å². The third-order valence-corrected chi connectivity index (χ3v) is 7.99. The van der Waals surface area contributed by atoms with Gasteiger partial charge in [0.05, 0.1) is 6.61 Å². The van der Waals surface area contributed by atoms with Gasteiger partial charge in [-0.15, -0.1) is 0 Å². The first-order valence-electron chi connectivity index (χ1n) is 19.5. The third-order valence-electron chi connectivity index (χ3n) is 7.99. The number of hydrogen-bond acceptors (Lipinski definition) is 5. The van der Waals surface area contributed by atoms with Crippen LogP contribution in [-0.4, -0.2) is 36.4 Å². The van der Waals surface area contributed by atoms with Crippen molar-refractivity contribution in [3.8, 4) is 0 Å². The topological polar surface area (TPSA) is 72.8 Å². The van der Waals surface area contributed by atoms with Gasteiger partial charge in [0.25, 0.3) is 0 Å². The summed E-state index contributed by atoms with van der Waals surface area (Å²) in [6, 6.07) is 0. The number of unbranched alkanes of at least 4 members (excludes halogenated alkanes) is 14. The summed E-state index contributed by atoms with van der Waals surface area (Å²) in [5.41, 5.74) is 0. The number of ether oxygens (including phenoxy) is 2. The Labute approximate surface area is 295 Å². The molecule has 0 rings (SSSR count). The molecule has 0 radical (unpaired) electrons. The van der Waals surface area contributed by atoms with Crippen LogP contribution in [0.2, 0.25) is 0 Å². The van der Waals surface area contributed by atoms with E-state index >= 15 is 0 Å². The fourth-order valence-electron chi connectivity index (χ4n) is 5.00. The van der Waals surface area contributed by atoms with Gasteiger partial charge in [-0.1, -0.05) is 151 Å². The summed E-state index contributed by atoms with van der Waals surface area (Å²) in [7, 11) is 0. The van der Waals surface area contributed by atoms with Crippen molar-refractivity contribution in [2.24, 2.45) is 0 Å². The third kappa shape index (κ3) is 36.2. The van der Waals surface area contributed by atoms with Crippen molar-refractivity contribution in [1.29, 1.82) is 0 Å². The summed E-state index contributed by atoms with van der Waals surface area (Å²) in [5, 5.41) is 9.54.